The van der Waals surface area contributed by atoms with E-state index in [1.165, 1.54) is 10.5 Å². The number of fused-ring (bicyclic) bond motifs is 2. The lowest BCUT2D eigenvalue weighted by Crippen LogP contribution is -2.50. The molecule has 2 atom stereocenters. The molecule has 0 radical (unpaired) electrons. The smallest absolute Gasteiger partial charge is 0.251 e. The maximum atomic E-state index is 13.0. The van der Waals surface area contributed by atoms with Crippen molar-refractivity contribution < 1.29 is 19.1 Å². The second-order valence-corrected chi connectivity index (χ2v) is 7.80. The van der Waals surface area contributed by atoms with Crippen molar-refractivity contribution in [3.8, 4) is 11.5 Å². The molecule has 160 valence electrons. The Labute approximate surface area is 180 Å². The van der Waals surface area contributed by atoms with Crippen LogP contribution in [0, 0.1) is 0 Å². The van der Waals surface area contributed by atoms with Gasteiger partial charge in [-0.2, -0.15) is 0 Å². The summed E-state index contributed by atoms with van der Waals surface area (Å²) < 4.78 is 10.8. The Morgan fingerprint density at radius 1 is 1.10 bits per heavy atom. The van der Waals surface area contributed by atoms with E-state index in [9.17, 15) is 9.59 Å². The maximum Gasteiger partial charge on any atom is 0.251 e. The van der Waals surface area contributed by atoms with Crippen LogP contribution in [0.15, 0.2) is 60.9 Å². The molecular formula is C23H24N4O4. The Kier molecular flexibility index (Phi) is 5.21. The molecule has 0 aliphatic carbocycles. The van der Waals surface area contributed by atoms with Crippen molar-refractivity contribution in [2.45, 2.75) is 24.9 Å². The van der Waals surface area contributed by atoms with Gasteiger partial charge in [-0.05, 0) is 36.1 Å². The molecule has 3 aliphatic rings. The molecule has 8 nitrogen and oxygen atoms in total. The lowest BCUT2D eigenvalue weighted by Gasteiger charge is -2.31. The number of hydrazine groups is 1. The van der Waals surface area contributed by atoms with Crippen LogP contribution in [0.1, 0.15) is 23.6 Å². The van der Waals surface area contributed by atoms with Crippen molar-refractivity contribution in [2.24, 2.45) is 0 Å². The number of nitrogens with one attached hydrogen (secondary N) is 2. The summed E-state index contributed by atoms with van der Waals surface area (Å²) in [6, 6.07) is 15.4. The van der Waals surface area contributed by atoms with Crippen LogP contribution < -0.4 is 20.2 Å². The molecule has 8 heteroatoms. The first-order chi connectivity index (χ1) is 15.2. The van der Waals surface area contributed by atoms with Crippen molar-refractivity contribution in [3.05, 3.63) is 72.1 Å². The molecule has 2 unspecified atom stereocenters. The predicted octanol–water partition coefficient (Wildman–Crippen LogP) is 1.71. The quantitative estimate of drug-likeness (QED) is 0.740. The van der Waals surface area contributed by atoms with E-state index in [4.69, 9.17) is 9.47 Å². The topological polar surface area (TPSA) is 83.1 Å². The predicted molar refractivity (Wildman–Crippen MR) is 113 cm³/mol. The maximum absolute atomic E-state index is 13.0. The number of carbonyl (C=O) groups is 2. The van der Waals surface area contributed by atoms with Crippen molar-refractivity contribution in [1.82, 2.24) is 20.7 Å². The molecular weight excluding hydrogens is 396 g/mol. The molecule has 2 N–H and O–H groups in total. The second kappa shape index (κ2) is 8.31. The van der Waals surface area contributed by atoms with Gasteiger partial charge in [-0.3, -0.25) is 9.59 Å². The van der Waals surface area contributed by atoms with E-state index in [0.29, 0.717) is 13.0 Å². The van der Waals surface area contributed by atoms with Crippen LogP contribution in [0.4, 0.5) is 0 Å². The van der Waals surface area contributed by atoms with Crippen LogP contribution in [0.2, 0.25) is 0 Å². The van der Waals surface area contributed by atoms with E-state index < -0.39 is 0 Å². The summed E-state index contributed by atoms with van der Waals surface area (Å²) in [6.45, 7) is 0.788. The molecule has 5 rings (SSSR count). The Hall–Kier alpha value is -3.52. The first kappa shape index (κ1) is 19.4. The zero-order valence-electron chi connectivity index (χ0n) is 17.0. The number of carbonyl (C=O) groups excluding carboxylic acids is 2. The Balaban J connectivity index is 1.16. The largest absolute Gasteiger partial charge is 0.454 e. The van der Waals surface area contributed by atoms with Crippen LogP contribution in [0.25, 0.3) is 0 Å². The lowest BCUT2D eigenvalue weighted by atomic mass is 10.0. The number of hydrogen-bond donors (Lipinski definition) is 2. The average Bonchev–Trinajstić information content (AvgIpc) is 3.43. The third-order valence-electron chi connectivity index (χ3n) is 5.77. The molecule has 2 aromatic rings. The molecule has 1 saturated heterocycles. The minimum Gasteiger partial charge on any atom is -0.454 e. The fourth-order valence-corrected chi connectivity index (χ4v) is 4.12. The number of hydrogen-bond acceptors (Lipinski definition) is 6. The first-order valence-electron chi connectivity index (χ1n) is 10.4. The Morgan fingerprint density at radius 3 is 2.81 bits per heavy atom. The van der Waals surface area contributed by atoms with Crippen LogP contribution >= 0.6 is 0 Å². The zero-order chi connectivity index (χ0) is 21.2. The summed E-state index contributed by atoms with van der Waals surface area (Å²) in [5.74, 6) is 1.21. The number of ether oxygens (including phenoxy) is 2. The van der Waals surface area contributed by atoms with Crippen molar-refractivity contribution in [2.75, 3.05) is 19.9 Å². The van der Waals surface area contributed by atoms with E-state index in [0.717, 1.165) is 23.5 Å². The van der Waals surface area contributed by atoms with Crippen molar-refractivity contribution in [1.29, 1.82) is 0 Å². The van der Waals surface area contributed by atoms with Gasteiger partial charge in [-0.25, -0.2) is 5.43 Å². The van der Waals surface area contributed by atoms with Crippen LogP contribution in [-0.4, -0.2) is 47.6 Å². The van der Waals surface area contributed by atoms with Gasteiger partial charge in [0.15, 0.2) is 11.5 Å². The van der Waals surface area contributed by atoms with E-state index in [1.54, 1.807) is 6.20 Å². The Morgan fingerprint density at radius 2 is 1.94 bits per heavy atom. The molecule has 0 aromatic heterocycles. The molecule has 3 heterocycles. The van der Waals surface area contributed by atoms with Gasteiger partial charge in [0.1, 0.15) is 12.6 Å². The highest BCUT2D eigenvalue weighted by Crippen LogP contribution is 2.37. The Bertz CT molecular complexity index is 1010. The molecule has 31 heavy (non-hydrogen) atoms. The number of benzene rings is 2. The third kappa shape index (κ3) is 4.06. The van der Waals surface area contributed by atoms with E-state index in [2.05, 4.69) is 10.7 Å². The number of rotatable bonds is 6. The molecule has 0 bridgehead atoms. The summed E-state index contributed by atoms with van der Waals surface area (Å²) >= 11 is 0. The third-order valence-corrected chi connectivity index (χ3v) is 5.77. The van der Waals surface area contributed by atoms with E-state index in [-0.39, 0.29) is 37.2 Å². The second-order valence-electron chi connectivity index (χ2n) is 7.80. The monoisotopic (exact) mass is 420 g/mol. The summed E-state index contributed by atoms with van der Waals surface area (Å²) in [7, 11) is 0. The molecule has 1 fully saturated rings. The number of amides is 2. The highest BCUT2D eigenvalue weighted by atomic mass is 16.7. The van der Waals surface area contributed by atoms with Gasteiger partial charge in [0, 0.05) is 18.9 Å². The number of nitrogens with zero attached hydrogens (tertiary/aromatic N) is 2. The van der Waals surface area contributed by atoms with Gasteiger partial charge in [0.2, 0.25) is 12.7 Å². The fourth-order valence-electron chi connectivity index (χ4n) is 4.12. The average molecular weight is 420 g/mol. The lowest BCUT2D eigenvalue weighted by molar-refractivity contribution is -0.138. The summed E-state index contributed by atoms with van der Waals surface area (Å²) in [5.41, 5.74) is 5.56. The molecule has 2 amide bonds. The molecule has 0 saturated carbocycles. The van der Waals surface area contributed by atoms with E-state index in [1.807, 2.05) is 59.7 Å². The van der Waals surface area contributed by atoms with Crippen LogP contribution in [-0.2, 0) is 16.0 Å². The minimum absolute atomic E-state index is 0.0170. The van der Waals surface area contributed by atoms with Gasteiger partial charge < -0.3 is 24.7 Å². The molecule has 2 aromatic carbocycles. The van der Waals surface area contributed by atoms with Gasteiger partial charge in [-0.15, -0.1) is 0 Å². The van der Waals surface area contributed by atoms with Gasteiger partial charge in [0.25, 0.3) is 5.91 Å². The summed E-state index contributed by atoms with van der Waals surface area (Å²) in [5, 5.41) is 4.72. The normalized spacial score (nSPS) is 21.4. The minimum atomic E-state index is -0.349. The first-order valence-corrected chi connectivity index (χ1v) is 10.4. The van der Waals surface area contributed by atoms with Gasteiger partial charge >= 0.3 is 0 Å². The standard InChI is InChI=1S/C23H24N4O4/c28-22(24-9-8-16-4-2-1-3-5-16)14-26-10-11-27-19(23(26)29)13-18(25-27)17-6-7-20-21(12-17)31-15-30-20/h1-7,10-12,18-19,25H,8-9,13-15H2,(H,24,28). The van der Waals surface area contributed by atoms with E-state index >= 15 is 0 Å². The fraction of sp³-hybridized carbons (Fsp3) is 0.304. The van der Waals surface area contributed by atoms with Crippen LogP contribution in [0.3, 0.4) is 0 Å². The van der Waals surface area contributed by atoms with Gasteiger partial charge in [-0.1, -0.05) is 36.4 Å². The van der Waals surface area contributed by atoms with Crippen LogP contribution in [0.5, 0.6) is 11.5 Å². The van der Waals surface area contributed by atoms with Gasteiger partial charge in [0.05, 0.1) is 6.04 Å². The van der Waals surface area contributed by atoms with Crippen molar-refractivity contribution >= 4 is 11.8 Å². The zero-order valence-corrected chi connectivity index (χ0v) is 17.0. The highest BCUT2D eigenvalue weighted by molar-refractivity contribution is 5.89. The highest BCUT2D eigenvalue weighted by Gasteiger charge is 2.40. The SMILES string of the molecule is O=C(CN1C=CN2NC(c3ccc4c(c3)OCO4)CC2C1=O)NCCc1ccccc1. The molecule has 0 spiro atoms. The summed E-state index contributed by atoms with van der Waals surface area (Å²) in [4.78, 5) is 26.8. The van der Waals surface area contributed by atoms with Crippen molar-refractivity contribution in [3.63, 3.8) is 0 Å². The molecule has 3 aliphatic heterocycles. The summed E-state index contributed by atoms with van der Waals surface area (Å²) in [6.07, 6.45) is 4.84.